The number of anilines is 1. The van der Waals surface area contributed by atoms with E-state index in [0.717, 1.165) is 0 Å². The van der Waals surface area contributed by atoms with Gasteiger partial charge in [-0.3, -0.25) is 19.3 Å². The number of carbonyl (C=O) groups is 1. The van der Waals surface area contributed by atoms with Crippen molar-refractivity contribution in [1.82, 2.24) is 19.5 Å². The van der Waals surface area contributed by atoms with Crippen molar-refractivity contribution in [3.8, 4) is 0 Å². The second kappa shape index (κ2) is 6.93. The summed E-state index contributed by atoms with van der Waals surface area (Å²) in [6, 6.07) is -0.903. The lowest BCUT2D eigenvalue weighted by atomic mass is 10.2. The van der Waals surface area contributed by atoms with Gasteiger partial charge in [0, 0.05) is 12.4 Å². The maximum Gasteiger partial charge on any atom is 0.326 e. The van der Waals surface area contributed by atoms with Gasteiger partial charge in [-0.15, -0.1) is 12.4 Å². The highest BCUT2D eigenvalue weighted by atomic mass is 35.5. The Hall–Kier alpha value is -2.19. The van der Waals surface area contributed by atoms with Gasteiger partial charge in [0.2, 0.25) is 0 Å². The third-order valence-electron chi connectivity index (χ3n) is 3.47. The third-order valence-corrected chi connectivity index (χ3v) is 3.77. The molecule has 0 spiro atoms. The summed E-state index contributed by atoms with van der Waals surface area (Å²) in [4.78, 5) is 35.7. The molecule has 8 nitrogen and oxygen atoms in total. The van der Waals surface area contributed by atoms with Crippen molar-refractivity contribution in [3.63, 3.8) is 0 Å². The van der Waals surface area contributed by atoms with E-state index in [-0.39, 0.29) is 29.9 Å². The Kier molecular flexibility index (Phi) is 5.17. The van der Waals surface area contributed by atoms with Crippen LogP contribution in [0.1, 0.15) is 23.9 Å². The fraction of sp³-hybridized carbons (Fsp3) is 0.308. The molecule has 2 N–H and O–H groups in total. The first-order chi connectivity index (χ1) is 10.6. The smallest absolute Gasteiger partial charge is 0.326 e. The van der Waals surface area contributed by atoms with Crippen LogP contribution < -0.4 is 10.9 Å². The van der Waals surface area contributed by atoms with Gasteiger partial charge in [0.1, 0.15) is 6.04 Å². The fourth-order valence-electron chi connectivity index (χ4n) is 2.45. The summed E-state index contributed by atoms with van der Waals surface area (Å²) in [7, 11) is 0. The minimum atomic E-state index is -1.05. The summed E-state index contributed by atoms with van der Waals surface area (Å²) in [6.45, 7) is 0.240. The number of hydrogen-bond donors (Lipinski definition) is 2. The molecule has 1 unspecified atom stereocenters. The first-order valence-corrected chi connectivity index (χ1v) is 6.98. The van der Waals surface area contributed by atoms with Crippen LogP contribution in [-0.4, -0.2) is 30.6 Å². The van der Waals surface area contributed by atoms with Crippen LogP contribution in [0.5, 0.6) is 0 Å². The molecule has 0 aromatic carbocycles. The van der Waals surface area contributed by atoms with Crippen molar-refractivity contribution in [2.24, 2.45) is 0 Å². The molecule has 1 atom stereocenters. The van der Waals surface area contributed by atoms with Gasteiger partial charge in [-0.25, -0.2) is 9.78 Å². The van der Waals surface area contributed by atoms with Crippen LogP contribution in [0.4, 0.5) is 5.82 Å². The highest BCUT2D eigenvalue weighted by molar-refractivity contribution is 6.30. The minimum absolute atomic E-state index is 0. The van der Waals surface area contributed by atoms with Gasteiger partial charge < -0.3 is 10.4 Å². The zero-order chi connectivity index (χ0) is 15.7. The van der Waals surface area contributed by atoms with Gasteiger partial charge in [0.25, 0.3) is 5.56 Å². The summed E-state index contributed by atoms with van der Waals surface area (Å²) >= 11 is 6.07. The van der Waals surface area contributed by atoms with Crippen LogP contribution in [0.15, 0.2) is 23.4 Å². The second-order valence-corrected chi connectivity index (χ2v) is 5.17. The summed E-state index contributed by atoms with van der Waals surface area (Å²) in [5, 5.41) is 12.2. The highest BCUT2D eigenvalue weighted by Crippen LogP contribution is 2.28. The minimum Gasteiger partial charge on any atom is -0.480 e. The van der Waals surface area contributed by atoms with Crippen molar-refractivity contribution in [2.75, 3.05) is 5.32 Å². The summed E-state index contributed by atoms with van der Waals surface area (Å²) in [5.74, 6) is -1.05. The lowest BCUT2D eigenvalue weighted by Gasteiger charge is -2.13. The molecular weight excluding hydrogens is 345 g/mol. The number of nitrogens with one attached hydrogen (secondary N) is 1. The van der Waals surface area contributed by atoms with E-state index in [1.165, 1.54) is 10.8 Å². The van der Waals surface area contributed by atoms with E-state index in [4.69, 9.17) is 11.6 Å². The monoisotopic (exact) mass is 357 g/mol. The average Bonchev–Trinajstić information content (AvgIpc) is 2.96. The molecule has 10 heteroatoms. The standard InChI is InChI=1S/C13H12ClN5O3.ClH/c14-10-8-1-2-9(13(21)22)19(8)12(20)11(18-10)17-6-7-5-15-3-4-16-7;/h3-5,9H,1-2,6H2,(H,17,18)(H,21,22);1H. The van der Waals surface area contributed by atoms with Crippen LogP contribution in [0.2, 0.25) is 5.15 Å². The van der Waals surface area contributed by atoms with Gasteiger partial charge in [0.05, 0.1) is 24.1 Å². The van der Waals surface area contributed by atoms with E-state index in [1.54, 1.807) is 12.4 Å². The molecule has 3 heterocycles. The number of fused-ring (bicyclic) bond motifs is 1. The summed E-state index contributed by atoms with van der Waals surface area (Å²) < 4.78 is 1.21. The Morgan fingerprint density at radius 3 is 2.91 bits per heavy atom. The summed E-state index contributed by atoms with van der Waals surface area (Å²) in [5.41, 5.74) is 0.595. The highest BCUT2D eigenvalue weighted by Gasteiger charge is 2.32. The number of carboxylic acid groups (broad SMARTS) is 1. The Morgan fingerprint density at radius 1 is 1.48 bits per heavy atom. The lowest BCUT2D eigenvalue weighted by Crippen LogP contribution is -2.30. The van der Waals surface area contributed by atoms with Gasteiger partial charge in [0.15, 0.2) is 11.0 Å². The zero-order valence-electron chi connectivity index (χ0n) is 11.8. The molecule has 1 aliphatic heterocycles. The maximum atomic E-state index is 12.4. The normalized spacial score (nSPS) is 15.6. The molecular formula is C13H13Cl2N5O3. The van der Waals surface area contributed by atoms with E-state index >= 15 is 0 Å². The molecule has 2 aromatic rings. The SMILES string of the molecule is Cl.O=C(O)C1CCc2c(Cl)nc(NCc3cnccn3)c(=O)n21. The summed E-state index contributed by atoms with van der Waals surface area (Å²) in [6.07, 6.45) is 5.38. The number of hydrogen-bond acceptors (Lipinski definition) is 6. The van der Waals surface area contributed by atoms with Crippen molar-refractivity contribution >= 4 is 35.8 Å². The Labute approximate surface area is 142 Å². The zero-order valence-corrected chi connectivity index (χ0v) is 13.3. The Balaban J connectivity index is 0.00000192. The van der Waals surface area contributed by atoms with Crippen LogP contribution in [0.25, 0.3) is 0 Å². The molecule has 0 aliphatic carbocycles. The molecule has 0 saturated carbocycles. The first kappa shape index (κ1) is 17.2. The van der Waals surface area contributed by atoms with Crippen LogP contribution in [0, 0.1) is 0 Å². The molecule has 1 aliphatic rings. The molecule has 0 radical (unpaired) electrons. The number of aromatic nitrogens is 4. The Morgan fingerprint density at radius 2 is 2.26 bits per heavy atom. The molecule has 122 valence electrons. The van der Waals surface area contributed by atoms with E-state index < -0.39 is 17.6 Å². The molecule has 2 aromatic heterocycles. The van der Waals surface area contributed by atoms with Crippen molar-refractivity contribution < 1.29 is 9.90 Å². The molecule has 0 amide bonds. The van der Waals surface area contributed by atoms with Crippen LogP contribution >= 0.6 is 24.0 Å². The quantitative estimate of drug-likeness (QED) is 0.847. The van der Waals surface area contributed by atoms with Gasteiger partial charge in [-0.1, -0.05) is 11.6 Å². The average molecular weight is 358 g/mol. The maximum absolute atomic E-state index is 12.4. The number of nitrogens with zero attached hydrogens (tertiary/aromatic N) is 4. The van der Waals surface area contributed by atoms with Crippen molar-refractivity contribution in [1.29, 1.82) is 0 Å². The van der Waals surface area contributed by atoms with Gasteiger partial charge in [-0.05, 0) is 12.8 Å². The largest absolute Gasteiger partial charge is 0.480 e. The van der Waals surface area contributed by atoms with Gasteiger partial charge >= 0.3 is 5.97 Å². The van der Waals surface area contributed by atoms with E-state index in [9.17, 15) is 14.7 Å². The number of aliphatic carboxylic acids is 1. The molecule has 0 bridgehead atoms. The number of rotatable bonds is 4. The topological polar surface area (TPSA) is 110 Å². The molecule has 0 saturated heterocycles. The Bertz CT molecular complexity index is 781. The van der Waals surface area contributed by atoms with Crippen molar-refractivity contribution in [2.45, 2.75) is 25.4 Å². The first-order valence-electron chi connectivity index (χ1n) is 6.60. The second-order valence-electron chi connectivity index (χ2n) is 4.82. The third kappa shape index (κ3) is 3.27. The van der Waals surface area contributed by atoms with E-state index in [1.807, 2.05) is 0 Å². The van der Waals surface area contributed by atoms with Crippen LogP contribution in [0.3, 0.4) is 0 Å². The van der Waals surface area contributed by atoms with Crippen molar-refractivity contribution in [3.05, 3.63) is 45.5 Å². The predicted octanol–water partition coefficient (Wildman–Crippen LogP) is 1.29. The van der Waals surface area contributed by atoms with E-state index in [0.29, 0.717) is 24.2 Å². The van der Waals surface area contributed by atoms with E-state index in [2.05, 4.69) is 20.3 Å². The number of carboxylic acids is 1. The van der Waals surface area contributed by atoms with Crippen LogP contribution in [-0.2, 0) is 17.8 Å². The molecule has 3 rings (SSSR count). The van der Waals surface area contributed by atoms with Gasteiger partial charge in [-0.2, -0.15) is 0 Å². The number of halogens is 2. The molecule has 0 fully saturated rings. The predicted molar refractivity (Wildman–Crippen MR) is 85.1 cm³/mol. The fourth-order valence-corrected chi connectivity index (χ4v) is 2.72. The lowest BCUT2D eigenvalue weighted by molar-refractivity contribution is -0.140. The molecule has 23 heavy (non-hydrogen) atoms.